The fourth-order valence-electron chi connectivity index (χ4n) is 3.50. The zero-order valence-electron chi connectivity index (χ0n) is 14.9. The van der Waals surface area contributed by atoms with Gasteiger partial charge in [0.1, 0.15) is 12.0 Å². The number of nitrogens with one attached hydrogen (secondary N) is 1. The Bertz CT molecular complexity index is 661. The highest BCUT2D eigenvalue weighted by molar-refractivity contribution is 5.72. The number of hydrogen-bond donors (Lipinski definition) is 1. The van der Waals surface area contributed by atoms with Crippen LogP contribution in [0.3, 0.4) is 0 Å². The molecular formula is C20H27N3O. The number of aromatic nitrogens is 2. The molecule has 0 unspecified atom stereocenters. The van der Waals surface area contributed by atoms with Crippen molar-refractivity contribution in [2.24, 2.45) is 5.92 Å². The SMILES string of the molecule is CCC1CCC(Nc2ncnc(-c3ccc(C)cc3)c2OC)CC1. The van der Waals surface area contributed by atoms with E-state index in [2.05, 4.69) is 53.4 Å². The number of ether oxygens (including phenoxy) is 1. The summed E-state index contributed by atoms with van der Waals surface area (Å²) in [5, 5.41) is 3.59. The van der Waals surface area contributed by atoms with E-state index in [0.717, 1.165) is 28.7 Å². The number of methoxy groups -OCH3 is 1. The average molecular weight is 325 g/mol. The lowest BCUT2D eigenvalue weighted by Crippen LogP contribution is -2.26. The van der Waals surface area contributed by atoms with E-state index in [1.54, 1.807) is 13.4 Å². The number of benzene rings is 1. The van der Waals surface area contributed by atoms with Crippen LogP contribution < -0.4 is 10.1 Å². The molecule has 4 heteroatoms. The molecule has 1 aromatic heterocycles. The molecule has 1 fully saturated rings. The monoisotopic (exact) mass is 325 g/mol. The summed E-state index contributed by atoms with van der Waals surface area (Å²) in [5.41, 5.74) is 3.13. The molecule has 0 atom stereocenters. The highest BCUT2D eigenvalue weighted by Gasteiger charge is 2.22. The summed E-state index contributed by atoms with van der Waals surface area (Å²) in [6.07, 6.45) is 7.91. The Hall–Kier alpha value is -2.10. The number of anilines is 1. The number of rotatable bonds is 5. The quantitative estimate of drug-likeness (QED) is 0.854. The molecule has 2 aromatic rings. The Kier molecular flexibility index (Phi) is 5.34. The third kappa shape index (κ3) is 3.69. The highest BCUT2D eigenvalue weighted by atomic mass is 16.5. The van der Waals surface area contributed by atoms with Gasteiger partial charge in [-0.05, 0) is 38.5 Å². The Balaban J connectivity index is 1.81. The fraction of sp³-hybridized carbons (Fsp3) is 0.500. The standard InChI is InChI=1S/C20H27N3O/c1-4-15-7-11-17(12-8-15)23-20-19(24-3)18(21-13-22-20)16-9-5-14(2)6-10-16/h5-6,9-10,13,15,17H,4,7-8,11-12H2,1-3H3,(H,21,22,23). The normalized spacial score (nSPS) is 20.6. The van der Waals surface area contributed by atoms with E-state index in [1.807, 2.05) is 0 Å². The summed E-state index contributed by atoms with van der Waals surface area (Å²) in [5.74, 6) is 2.43. The topological polar surface area (TPSA) is 47.0 Å². The van der Waals surface area contributed by atoms with Crippen molar-refractivity contribution >= 4 is 5.82 Å². The molecule has 3 rings (SSSR count). The van der Waals surface area contributed by atoms with Crippen molar-refractivity contribution in [3.05, 3.63) is 36.2 Å². The van der Waals surface area contributed by atoms with Gasteiger partial charge in [0, 0.05) is 11.6 Å². The molecule has 0 bridgehead atoms. The first kappa shape index (κ1) is 16.7. The van der Waals surface area contributed by atoms with Crippen LogP contribution in [0, 0.1) is 12.8 Å². The zero-order valence-corrected chi connectivity index (χ0v) is 14.9. The maximum Gasteiger partial charge on any atom is 0.187 e. The minimum atomic E-state index is 0.475. The Morgan fingerprint density at radius 3 is 2.42 bits per heavy atom. The molecule has 1 heterocycles. The van der Waals surface area contributed by atoms with Crippen LogP contribution in [0.1, 0.15) is 44.6 Å². The van der Waals surface area contributed by atoms with Gasteiger partial charge in [-0.15, -0.1) is 0 Å². The van der Waals surface area contributed by atoms with Crippen LogP contribution in [-0.4, -0.2) is 23.1 Å². The maximum atomic E-state index is 5.66. The second kappa shape index (κ2) is 7.65. The van der Waals surface area contributed by atoms with E-state index in [4.69, 9.17) is 4.74 Å². The molecule has 24 heavy (non-hydrogen) atoms. The van der Waals surface area contributed by atoms with Crippen molar-refractivity contribution in [2.45, 2.75) is 52.0 Å². The maximum absolute atomic E-state index is 5.66. The van der Waals surface area contributed by atoms with Gasteiger partial charge in [-0.2, -0.15) is 0 Å². The zero-order chi connectivity index (χ0) is 16.9. The largest absolute Gasteiger partial charge is 0.491 e. The lowest BCUT2D eigenvalue weighted by Gasteiger charge is -2.29. The van der Waals surface area contributed by atoms with E-state index >= 15 is 0 Å². The summed E-state index contributed by atoms with van der Waals surface area (Å²) in [7, 11) is 1.69. The molecule has 4 nitrogen and oxygen atoms in total. The molecule has 0 spiro atoms. The first-order chi connectivity index (χ1) is 11.7. The van der Waals surface area contributed by atoms with Crippen molar-refractivity contribution in [3.8, 4) is 17.0 Å². The third-order valence-corrected chi connectivity index (χ3v) is 5.10. The van der Waals surface area contributed by atoms with Gasteiger partial charge in [-0.25, -0.2) is 9.97 Å². The van der Waals surface area contributed by atoms with Crippen LogP contribution in [0.2, 0.25) is 0 Å². The smallest absolute Gasteiger partial charge is 0.187 e. The van der Waals surface area contributed by atoms with Gasteiger partial charge < -0.3 is 10.1 Å². The molecule has 0 saturated heterocycles. The third-order valence-electron chi connectivity index (χ3n) is 5.10. The molecule has 0 aliphatic heterocycles. The average Bonchev–Trinajstić information content (AvgIpc) is 2.63. The van der Waals surface area contributed by atoms with Gasteiger partial charge in [-0.3, -0.25) is 0 Å². The van der Waals surface area contributed by atoms with Crippen LogP contribution >= 0.6 is 0 Å². The molecule has 1 aromatic carbocycles. The van der Waals surface area contributed by atoms with Gasteiger partial charge in [0.2, 0.25) is 0 Å². The van der Waals surface area contributed by atoms with E-state index in [0.29, 0.717) is 6.04 Å². The summed E-state index contributed by atoms with van der Waals surface area (Å²) >= 11 is 0. The molecule has 0 radical (unpaired) electrons. The Labute approximate surface area is 144 Å². The summed E-state index contributed by atoms with van der Waals surface area (Å²) in [4.78, 5) is 8.89. The highest BCUT2D eigenvalue weighted by Crippen LogP contribution is 2.35. The molecule has 0 amide bonds. The van der Waals surface area contributed by atoms with Gasteiger partial charge >= 0.3 is 0 Å². The van der Waals surface area contributed by atoms with Crippen LogP contribution in [0.4, 0.5) is 5.82 Å². The minimum Gasteiger partial charge on any atom is -0.491 e. The van der Waals surface area contributed by atoms with Crippen molar-refractivity contribution in [1.82, 2.24) is 9.97 Å². The predicted octanol–water partition coefficient (Wildman–Crippen LogP) is 4.84. The van der Waals surface area contributed by atoms with Gasteiger partial charge in [0.25, 0.3) is 0 Å². The van der Waals surface area contributed by atoms with Crippen molar-refractivity contribution in [1.29, 1.82) is 0 Å². The van der Waals surface area contributed by atoms with E-state index in [1.165, 1.54) is 37.7 Å². The van der Waals surface area contributed by atoms with Gasteiger partial charge in [-0.1, -0.05) is 43.2 Å². The number of hydrogen-bond acceptors (Lipinski definition) is 4. The Morgan fingerprint density at radius 1 is 1.08 bits per heavy atom. The van der Waals surface area contributed by atoms with Crippen LogP contribution in [0.25, 0.3) is 11.3 Å². The molecule has 1 aliphatic rings. The predicted molar refractivity (Wildman–Crippen MR) is 98.4 cm³/mol. The molecular weight excluding hydrogens is 298 g/mol. The van der Waals surface area contributed by atoms with E-state index in [-0.39, 0.29) is 0 Å². The lowest BCUT2D eigenvalue weighted by molar-refractivity contribution is 0.329. The summed E-state index contributed by atoms with van der Waals surface area (Å²) in [6, 6.07) is 8.82. The van der Waals surface area contributed by atoms with Crippen LogP contribution in [0.5, 0.6) is 5.75 Å². The number of aryl methyl sites for hydroxylation is 1. The lowest BCUT2D eigenvalue weighted by atomic mass is 9.84. The van der Waals surface area contributed by atoms with Crippen molar-refractivity contribution in [3.63, 3.8) is 0 Å². The number of nitrogens with zero attached hydrogens (tertiary/aromatic N) is 2. The van der Waals surface area contributed by atoms with Gasteiger partial charge in [0.15, 0.2) is 11.6 Å². The first-order valence-corrected chi connectivity index (χ1v) is 8.93. The molecule has 1 aliphatic carbocycles. The van der Waals surface area contributed by atoms with Crippen LogP contribution in [-0.2, 0) is 0 Å². The second-order valence-corrected chi connectivity index (χ2v) is 6.74. The first-order valence-electron chi connectivity index (χ1n) is 8.93. The Morgan fingerprint density at radius 2 is 1.79 bits per heavy atom. The minimum absolute atomic E-state index is 0.475. The molecule has 1 N–H and O–H groups in total. The fourth-order valence-corrected chi connectivity index (χ4v) is 3.50. The van der Waals surface area contributed by atoms with Crippen molar-refractivity contribution in [2.75, 3.05) is 12.4 Å². The summed E-state index contributed by atoms with van der Waals surface area (Å²) in [6.45, 7) is 4.38. The van der Waals surface area contributed by atoms with Crippen molar-refractivity contribution < 1.29 is 4.74 Å². The molecule has 1 saturated carbocycles. The van der Waals surface area contributed by atoms with Gasteiger partial charge in [0.05, 0.1) is 7.11 Å². The van der Waals surface area contributed by atoms with Crippen LogP contribution in [0.15, 0.2) is 30.6 Å². The van der Waals surface area contributed by atoms with E-state index < -0.39 is 0 Å². The second-order valence-electron chi connectivity index (χ2n) is 6.74. The summed E-state index contributed by atoms with van der Waals surface area (Å²) < 4.78 is 5.66. The van der Waals surface area contributed by atoms with E-state index in [9.17, 15) is 0 Å². The molecule has 128 valence electrons.